The minimum absolute atomic E-state index is 0.0709. The Morgan fingerprint density at radius 2 is 1.86 bits per heavy atom. The van der Waals surface area contributed by atoms with E-state index in [1.165, 1.54) is 24.3 Å². The number of halogens is 1. The summed E-state index contributed by atoms with van der Waals surface area (Å²) in [7, 11) is -3.73. The van der Waals surface area contributed by atoms with Crippen molar-refractivity contribution in [3.05, 3.63) is 53.6 Å². The number of benzene rings is 2. The van der Waals surface area contributed by atoms with Gasteiger partial charge in [-0.05, 0) is 61.4 Å². The lowest BCUT2D eigenvalue weighted by molar-refractivity contribution is -0.123. The first-order chi connectivity index (χ1) is 13.4. The second-order valence-corrected chi connectivity index (χ2v) is 8.43. The molecule has 1 atom stereocenters. The molecule has 0 bridgehead atoms. The van der Waals surface area contributed by atoms with Crippen molar-refractivity contribution in [2.24, 2.45) is 0 Å². The number of hydrogen-bond donors (Lipinski definition) is 2. The lowest BCUT2D eigenvalue weighted by Crippen LogP contribution is -2.35. The van der Waals surface area contributed by atoms with Crippen molar-refractivity contribution in [1.29, 1.82) is 0 Å². The maximum absolute atomic E-state index is 12.4. The molecule has 7 nitrogen and oxygen atoms in total. The van der Waals surface area contributed by atoms with Crippen molar-refractivity contribution in [1.82, 2.24) is 5.32 Å². The molecule has 2 aromatic rings. The zero-order chi connectivity index (χ0) is 20.0. The quantitative estimate of drug-likeness (QED) is 0.679. The molecule has 1 fully saturated rings. The fourth-order valence-corrected chi connectivity index (χ4v) is 3.86. The summed E-state index contributed by atoms with van der Waals surface area (Å²) in [6, 6.07) is 12.2. The molecule has 9 heteroatoms. The number of ether oxygens (including phenoxy) is 2. The molecule has 3 rings (SSSR count). The number of nitrogens with one attached hydrogen (secondary N) is 2. The molecule has 1 aliphatic heterocycles. The highest BCUT2D eigenvalue weighted by Gasteiger charge is 2.17. The summed E-state index contributed by atoms with van der Waals surface area (Å²) in [6.45, 7) is 1.05. The third-order valence-electron chi connectivity index (χ3n) is 4.15. The third-order valence-corrected chi connectivity index (χ3v) is 5.80. The molecule has 2 N–H and O–H groups in total. The second kappa shape index (κ2) is 9.27. The van der Waals surface area contributed by atoms with Crippen LogP contribution in [0.1, 0.15) is 12.8 Å². The van der Waals surface area contributed by atoms with Gasteiger partial charge in [0.15, 0.2) is 6.61 Å². The molecular weight excluding hydrogens is 404 g/mol. The first-order valence-corrected chi connectivity index (χ1v) is 10.7. The Hall–Kier alpha value is -2.29. The van der Waals surface area contributed by atoms with Gasteiger partial charge < -0.3 is 14.8 Å². The summed E-state index contributed by atoms with van der Waals surface area (Å²) in [6.07, 6.45) is 2.03. The van der Waals surface area contributed by atoms with E-state index in [9.17, 15) is 13.2 Å². The summed E-state index contributed by atoms with van der Waals surface area (Å²) >= 11 is 5.80. The van der Waals surface area contributed by atoms with E-state index >= 15 is 0 Å². The van der Waals surface area contributed by atoms with Gasteiger partial charge in [0.1, 0.15) is 5.75 Å². The fourth-order valence-electron chi connectivity index (χ4n) is 2.68. The van der Waals surface area contributed by atoms with Crippen molar-refractivity contribution >= 4 is 33.2 Å². The normalized spacial score (nSPS) is 16.5. The van der Waals surface area contributed by atoms with Crippen LogP contribution in [0.25, 0.3) is 0 Å². The molecule has 0 aliphatic carbocycles. The van der Waals surface area contributed by atoms with E-state index in [0.29, 0.717) is 23.0 Å². The monoisotopic (exact) mass is 424 g/mol. The first-order valence-electron chi connectivity index (χ1n) is 8.82. The minimum atomic E-state index is -3.73. The van der Waals surface area contributed by atoms with Gasteiger partial charge >= 0.3 is 0 Å². The van der Waals surface area contributed by atoms with Gasteiger partial charge in [0, 0.05) is 23.9 Å². The number of carbonyl (C=O) groups is 1. The van der Waals surface area contributed by atoms with Gasteiger partial charge in [-0.3, -0.25) is 9.52 Å². The van der Waals surface area contributed by atoms with Gasteiger partial charge in [0.05, 0.1) is 11.0 Å². The van der Waals surface area contributed by atoms with E-state index < -0.39 is 10.0 Å². The Balaban J connectivity index is 1.50. The van der Waals surface area contributed by atoms with Gasteiger partial charge in [-0.1, -0.05) is 11.6 Å². The van der Waals surface area contributed by atoms with Gasteiger partial charge in [0.25, 0.3) is 15.9 Å². The van der Waals surface area contributed by atoms with Crippen molar-refractivity contribution in [3.63, 3.8) is 0 Å². The van der Waals surface area contributed by atoms with Crippen LogP contribution in [0.3, 0.4) is 0 Å². The molecule has 0 radical (unpaired) electrons. The van der Waals surface area contributed by atoms with E-state index in [4.69, 9.17) is 21.1 Å². The van der Waals surface area contributed by atoms with Crippen LogP contribution < -0.4 is 14.8 Å². The molecule has 1 saturated heterocycles. The van der Waals surface area contributed by atoms with Gasteiger partial charge in [0.2, 0.25) is 0 Å². The molecule has 1 amide bonds. The average molecular weight is 425 g/mol. The Kier molecular flexibility index (Phi) is 6.77. The van der Waals surface area contributed by atoms with Crippen molar-refractivity contribution in [2.75, 3.05) is 24.5 Å². The molecule has 2 aromatic carbocycles. The molecule has 0 saturated carbocycles. The maximum Gasteiger partial charge on any atom is 0.261 e. The minimum Gasteiger partial charge on any atom is -0.484 e. The maximum atomic E-state index is 12.4. The van der Waals surface area contributed by atoms with E-state index in [2.05, 4.69) is 10.0 Å². The highest BCUT2D eigenvalue weighted by Crippen LogP contribution is 2.20. The molecule has 0 aromatic heterocycles. The zero-order valence-electron chi connectivity index (χ0n) is 15.1. The fraction of sp³-hybridized carbons (Fsp3) is 0.316. The molecular formula is C19H21ClN2O5S. The lowest BCUT2D eigenvalue weighted by Gasteiger charge is -2.12. The molecule has 0 spiro atoms. The van der Waals surface area contributed by atoms with E-state index in [-0.39, 0.29) is 23.5 Å². The summed E-state index contributed by atoms with van der Waals surface area (Å²) in [5.74, 6) is 0.148. The molecule has 1 heterocycles. The van der Waals surface area contributed by atoms with Crippen LogP contribution in [0.4, 0.5) is 5.69 Å². The Labute approximate surface area is 169 Å². The number of carbonyl (C=O) groups excluding carboxylic acids is 1. The van der Waals surface area contributed by atoms with Crippen LogP contribution in [0.15, 0.2) is 53.4 Å². The van der Waals surface area contributed by atoms with Crippen LogP contribution in [0, 0.1) is 0 Å². The Morgan fingerprint density at radius 1 is 1.14 bits per heavy atom. The summed E-state index contributed by atoms with van der Waals surface area (Å²) in [5.41, 5.74) is 0.410. The Bertz CT molecular complexity index is 895. The van der Waals surface area contributed by atoms with Gasteiger partial charge in [-0.15, -0.1) is 0 Å². The van der Waals surface area contributed by atoms with E-state index in [1.807, 2.05) is 0 Å². The summed E-state index contributed by atoms with van der Waals surface area (Å²) in [5, 5.41) is 3.28. The number of hydrogen-bond acceptors (Lipinski definition) is 5. The van der Waals surface area contributed by atoms with Crippen LogP contribution >= 0.6 is 11.6 Å². The van der Waals surface area contributed by atoms with Gasteiger partial charge in [-0.2, -0.15) is 0 Å². The smallest absolute Gasteiger partial charge is 0.261 e. The largest absolute Gasteiger partial charge is 0.484 e. The number of amides is 1. The highest BCUT2D eigenvalue weighted by atomic mass is 35.5. The lowest BCUT2D eigenvalue weighted by atomic mass is 10.2. The van der Waals surface area contributed by atoms with Crippen LogP contribution in [0.5, 0.6) is 5.75 Å². The van der Waals surface area contributed by atoms with Crippen LogP contribution in [0.2, 0.25) is 5.02 Å². The Morgan fingerprint density at radius 3 is 2.50 bits per heavy atom. The number of rotatable bonds is 8. The second-order valence-electron chi connectivity index (χ2n) is 6.31. The average Bonchev–Trinajstić information content (AvgIpc) is 3.20. The molecule has 28 heavy (non-hydrogen) atoms. The van der Waals surface area contributed by atoms with Crippen molar-refractivity contribution in [3.8, 4) is 5.75 Å². The number of anilines is 1. The standard InChI is InChI=1S/C19H21ClN2O5S/c20-14-3-5-15(6-4-14)22-28(24,25)18-9-7-16(8-10-18)27-13-19(23)21-12-17-2-1-11-26-17/h3-10,17,22H,1-2,11-13H2,(H,21,23)/t17-/m1/s1. The van der Waals surface area contributed by atoms with Crippen molar-refractivity contribution in [2.45, 2.75) is 23.8 Å². The number of sulfonamides is 1. The predicted octanol–water partition coefficient (Wildman–Crippen LogP) is 2.81. The molecule has 1 aliphatic rings. The van der Waals surface area contributed by atoms with Crippen LogP contribution in [-0.2, 0) is 19.6 Å². The first kappa shape index (κ1) is 20.4. The molecule has 0 unspecified atom stereocenters. The zero-order valence-corrected chi connectivity index (χ0v) is 16.6. The highest BCUT2D eigenvalue weighted by molar-refractivity contribution is 7.92. The van der Waals surface area contributed by atoms with Crippen molar-refractivity contribution < 1.29 is 22.7 Å². The third kappa shape index (κ3) is 5.85. The SMILES string of the molecule is O=C(COc1ccc(S(=O)(=O)Nc2ccc(Cl)cc2)cc1)NC[C@H]1CCCO1. The predicted molar refractivity (Wildman–Crippen MR) is 106 cm³/mol. The van der Waals surface area contributed by atoms with E-state index in [1.54, 1.807) is 24.3 Å². The molecule has 150 valence electrons. The van der Waals surface area contributed by atoms with E-state index in [0.717, 1.165) is 19.4 Å². The topological polar surface area (TPSA) is 93.7 Å². The van der Waals surface area contributed by atoms with Gasteiger partial charge in [-0.25, -0.2) is 8.42 Å². The summed E-state index contributed by atoms with van der Waals surface area (Å²) in [4.78, 5) is 11.9. The summed E-state index contributed by atoms with van der Waals surface area (Å²) < 4.78 is 38.1. The van der Waals surface area contributed by atoms with Crippen LogP contribution in [-0.4, -0.2) is 40.2 Å².